The molecule has 1 atom stereocenters. The number of urea groups is 1. The van der Waals surface area contributed by atoms with Gasteiger partial charge in [-0.2, -0.15) is 0 Å². The van der Waals surface area contributed by atoms with Gasteiger partial charge in [0.15, 0.2) is 0 Å². The minimum atomic E-state index is -1.02. The summed E-state index contributed by atoms with van der Waals surface area (Å²) in [5, 5.41) is 14.3. The van der Waals surface area contributed by atoms with Crippen LogP contribution in [0.5, 0.6) is 0 Å². The summed E-state index contributed by atoms with van der Waals surface area (Å²) in [4.78, 5) is 22.8. The Hall–Kier alpha value is -1.56. The molecule has 0 bridgehead atoms. The highest BCUT2D eigenvalue weighted by molar-refractivity contribution is 5.82. The molecule has 120 valence electrons. The molecule has 0 saturated carbocycles. The van der Waals surface area contributed by atoms with Crippen molar-refractivity contribution in [2.75, 3.05) is 20.3 Å². The first-order valence-electron chi connectivity index (χ1n) is 7.57. The predicted octanol–water partition coefficient (Wildman–Crippen LogP) is 2.06. The maximum Gasteiger partial charge on any atom is 0.326 e. The Morgan fingerprint density at radius 3 is 2.86 bits per heavy atom. The fourth-order valence-electron chi connectivity index (χ4n) is 2.37. The topological polar surface area (TPSA) is 87.7 Å². The monoisotopic (exact) mass is 298 g/mol. The third kappa shape index (κ3) is 7.70. The lowest BCUT2D eigenvalue weighted by atomic mass is 9.97. The van der Waals surface area contributed by atoms with Crippen LogP contribution in [0.1, 0.15) is 44.9 Å². The van der Waals surface area contributed by atoms with Crippen molar-refractivity contribution in [2.24, 2.45) is 0 Å². The van der Waals surface area contributed by atoms with Crippen LogP contribution in [0.3, 0.4) is 0 Å². The number of carbonyl (C=O) groups is 2. The van der Waals surface area contributed by atoms with Crippen molar-refractivity contribution in [3.8, 4) is 0 Å². The number of hydrogen-bond donors (Lipinski definition) is 3. The fraction of sp³-hybridized carbons (Fsp3) is 0.733. The number of carboxylic acid groups (broad SMARTS) is 1. The summed E-state index contributed by atoms with van der Waals surface area (Å²) < 4.78 is 4.88. The highest BCUT2D eigenvalue weighted by Gasteiger charge is 2.19. The Balaban J connectivity index is 2.23. The molecule has 0 spiro atoms. The summed E-state index contributed by atoms with van der Waals surface area (Å²) in [5.74, 6) is -1.02. The molecule has 1 rings (SSSR count). The summed E-state index contributed by atoms with van der Waals surface area (Å²) >= 11 is 0. The number of carbonyl (C=O) groups excluding carboxylic acids is 1. The van der Waals surface area contributed by atoms with Gasteiger partial charge >= 0.3 is 12.0 Å². The lowest BCUT2D eigenvalue weighted by Crippen LogP contribution is -2.46. The zero-order valence-corrected chi connectivity index (χ0v) is 12.7. The average molecular weight is 298 g/mol. The summed E-state index contributed by atoms with van der Waals surface area (Å²) in [7, 11) is 1.57. The Labute approximate surface area is 125 Å². The van der Waals surface area contributed by atoms with Gasteiger partial charge in [0.05, 0.1) is 0 Å². The lowest BCUT2D eigenvalue weighted by molar-refractivity contribution is -0.139. The molecule has 1 unspecified atom stereocenters. The molecule has 0 aromatic heterocycles. The van der Waals surface area contributed by atoms with Gasteiger partial charge in [0, 0.05) is 20.3 Å². The smallest absolute Gasteiger partial charge is 0.326 e. The Morgan fingerprint density at radius 2 is 2.24 bits per heavy atom. The van der Waals surface area contributed by atoms with E-state index < -0.39 is 18.0 Å². The van der Waals surface area contributed by atoms with Crippen molar-refractivity contribution >= 4 is 12.0 Å². The molecule has 0 heterocycles. The zero-order chi connectivity index (χ0) is 15.5. The van der Waals surface area contributed by atoms with Crippen LogP contribution in [-0.2, 0) is 9.53 Å². The van der Waals surface area contributed by atoms with Gasteiger partial charge in [0.1, 0.15) is 6.04 Å². The second-order valence-electron chi connectivity index (χ2n) is 5.28. The minimum absolute atomic E-state index is 0.363. The molecule has 0 aromatic carbocycles. The molecular weight excluding hydrogens is 272 g/mol. The number of hydrogen-bond acceptors (Lipinski definition) is 3. The Kier molecular flexibility index (Phi) is 8.50. The summed E-state index contributed by atoms with van der Waals surface area (Å²) in [6, 6.07) is -1.29. The largest absolute Gasteiger partial charge is 0.480 e. The number of carboxylic acids is 1. The number of amides is 2. The van der Waals surface area contributed by atoms with E-state index in [1.165, 1.54) is 18.4 Å². The highest BCUT2D eigenvalue weighted by atomic mass is 16.5. The van der Waals surface area contributed by atoms with E-state index in [4.69, 9.17) is 9.84 Å². The van der Waals surface area contributed by atoms with Crippen LogP contribution in [0.2, 0.25) is 0 Å². The first-order valence-corrected chi connectivity index (χ1v) is 7.57. The van der Waals surface area contributed by atoms with Gasteiger partial charge in [-0.1, -0.05) is 11.6 Å². The minimum Gasteiger partial charge on any atom is -0.480 e. The number of ether oxygens (including phenoxy) is 1. The molecule has 1 aliphatic carbocycles. The zero-order valence-electron chi connectivity index (χ0n) is 12.7. The van der Waals surface area contributed by atoms with Crippen molar-refractivity contribution in [3.05, 3.63) is 11.6 Å². The van der Waals surface area contributed by atoms with Gasteiger partial charge < -0.3 is 20.5 Å². The molecule has 3 N–H and O–H groups in total. The van der Waals surface area contributed by atoms with E-state index in [0.29, 0.717) is 26.0 Å². The van der Waals surface area contributed by atoms with Gasteiger partial charge in [0.2, 0.25) is 0 Å². The van der Waals surface area contributed by atoms with Gasteiger partial charge in [-0.3, -0.25) is 0 Å². The van der Waals surface area contributed by atoms with E-state index in [2.05, 4.69) is 16.7 Å². The molecule has 0 aliphatic heterocycles. The normalized spacial score (nSPS) is 16.0. The third-order valence-corrected chi connectivity index (χ3v) is 3.56. The standard InChI is InChI=1S/C15H26N2O4/c1-21-11-5-8-13(14(18)19)17-15(20)16-10-9-12-6-3-2-4-7-12/h6,13H,2-5,7-11H2,1H3,(H,18,19)(H2,16,17,20). The van der Waals surface area contributed by atoms with Crippen LogP contribution in [0, 0.1) is 0 Å². The Morgan fingerprint density at radius 1 is 1.43 bits per heavy atom. The van der Waals surface area contributed by atoms with Gasteiger partial charge in [-0.25, -0.2) is 9.59 Å². The van der Waals surface area contributed by atoms with E-state index in [9.17, 15) is 9.59 Å². The van der Waals surface area contributed by atoms with Gasteiger partial charge in [0.25, 0.3) is 0 Å². The SMILES string of the molecule is COCCCC(NC(=O)NCCC1=CCCCC1)C(=O)O. The predicted molar refractivity (Wildman–Crippen MR) is 80.2 cm³/mol. The molecule has 0 saturated heterocycles. The van der Waals surface area contributed by atoms with Crippen molar-refractivity contribution in [1.82, 2.24) is 10.6 Å². The number of aliphatic carboxylic acids is 1. The fourth-order valence-corrected chi connectivity index (χ4v) is 2.37. The van der Waals surface area contributed by atoms with Crippen LogP contribution in [0.4, 0.5) is 4.79 Å². The summed E-state index contributed by atoms with van der Waals surface area (Å²) in [5.41, 5.74) is 1.39. The van der Waals surface area contributed by atoms with Crippen molar-refractivity contribution in [2.45, 2.75) is 51.0 Å². The molecule has 6 heteroatoms. The molecule has 0 radical (unpaired) electrons. The van der Waals surface area contributed by atoms with Gasteiger partial charge in [-0.05, 0) is 44.9 Å². The number of methoxy groups -OCH3 is 1. The van der Waals surface area contributed by atoms with Gasteiger partial charge in [-0.15, -0.1) is 0 Å². The number of nitrogens with one attached hydrogen (secondary N) is 2. The maximum absolute atomic E-state index is 11.7. The van der Waals surface area contributed by atoms with E-state index in [1.807, 2.05) is 0 Å². The number of allylic oxidation sites excluding steroid dienone is 1. The molecular formula is C15H26N2O4. The van der Waals surface area contributed by atoms with Crippen molar-refractivity contribution < 1.29 is 19.4 Å². The molecule has 0 aromatic rings. The van der Waals surface area contributed by atoms with Crippen LogP contribution >= 0.6 is 0 Å². The highest BCUT2D eigenvalue weighted by Crippen LogP contribution is 2.19. The molecule has 1 aliphatic rings. The van der Waals surface area contributed by atoms with Crippen LogP contribution in [-0.4, -0.2) is 43.4 Å². The Bertz CT molecular complexity index is 369. The molecule has 0 fully saturated rings. The van der Waals surface area contributed by atoms with E-state index in [0.717, 1.165) is 19.3 Å². The van der Waals surface area contributed by atoms with Crippen LogP contribution in [0.15, 0.2) is 11.6 Å². The quantitative estimate of drug-likeness (QED) is 0.449. The first kappa shape index (κ1) is 17.5. The molecule has 21 heavy (non-hydrogen) atoms. The second-order valence-corrected chi connectivity index (χ2v) is 5.28. The lowest BCUT2D eigenvalue weighted by Gasteiger charge is -2.16. The van der Waals surface area contributed by atoms with E-state index in [-0.39, 0.29) is 0 Å². The van der Waals surface area contributed by atoms with E-state index >= 15 is 0 Å². The molecule has 6 nitrogen and oxygen atoms in total. The summed E-state index contributed by atoms with van der Waals surface area (Å²) in [6.45, 7) is 1.03. The van der Waals surface area contributed by atoms with Crippen LogP contribution in [0.25, 0.3) is 0 Å². The number of rotatable bonds is 9. The van der Waals surface area contributed by atoms with Crippen molar-refractivity contribution in [3.63, 3.8) is 0 Å². The second kappa shape index (κ2) is 10.2. The van der Waals surface area contributed by atoms with Crippen molar-refractivity contribution in [1.29, 1.82) is 0 Å². The third-order valence-electron chi connectivity index (χ3n) is 3.56. The van der Waals surface area contributed by atoms with E-state index in [1.54, 1.807) is 7.11 Å². The molecule has 2 amide bonds. The maximum atomic E-state index is 11.7. The van der Waals surface area contributed by atoms with Crippen LogP contribution < -0.4 is 10.6 Å². The first-order chi connectivity index (χ1) is 10.1. The summed E-state index contributed by atoms with van der Waals surface area (Å²) in [6.07, 6.45) is 8.75. The average Bonchev–Trinajstić information content (AvgIpc) is 2.47.